The van der Waals surface area contributed by atoms with E-state index >= 15 is 0 Å². The lowest BCUT2D eigenvalue weighted by Crippen LogP contribution is -2.34. The van der Waals surface area contributed by atoms with Crippen LogP contribution >= 0.6 is 0 Å². The van der Waals surface area contributed by atoms with Gasteiger partial charge in [0.25, 0.3) is 0 Å². The zero-order chi connectivity index (χ0) is 12.8. The first-order valence-corrected chi connectivity index (χ1v) is 7.81. The van der Waals surface area contributed by atoms with Crippen molar-refractivity contribution in [3.8, 4) is 0 Å². The molecule has 0 fully saturated rings. The first-order valence-electron chi connectivity index (χ1n) is 7.81. The molecule has 0 amide bonds. The molecule has 0 bridgehead atoms. The highest BCUT2D eigenvalue weighted by atomic mass is 15.2. The first kappa shape index (κ1) is 16.9. The molecular formula is C15H34N2. The number of hydrogen-bond donors (Lipinski definition) is 2. The molecule has 0 aliphatic rings. The normalized spacial score (nSPS) is 11.3. The van der Waals surface area contributed by atoms with E-state index in [1.165, 1.54) is 77.0 Å². The first-order chi connectivity index (χ1) is 8.35. The van der Waals surface area contributed by atoms with Crippen LogP contribution in [-0.4, -0.2) is 6.04 Å². The van der Waals surface area contributed by atoms with Gasteiger partial charge in [-0.05, 0) is 12.8 Å². The molecule has 0 unspecified atom stereocenters. The molecule has 2 nitrogen and oxygen atoms in total. The summed E-state index contributed by atoms with van der Waals surface area (Å²) in [6.07, 6.45) is 16.2. The Labute approximate surface area is 109 Å². The zero-order valence-corrected chi connectivity index (χ0v) is 12.1. The van der Waals surface area contributed by atoms with Crippen molar-refractivity contribution in [1.82, 2.24) is 5.43 Å². The van der Waals surface area contributed by atoms with E-state index in [1.54, 1.807) is 0 Å². The Balaban J connectivity index is 3.30. The Hall–Kier alpha value is -0.0800. The van der Waals surface area contributed by atoms with E-state index in [4.69, 9.17) is 5.84 Å². The number of rotatable bonds is 13. The third-order valence-electron chi connectivity index (χ3n) is 3.55. The molecule has 0 aliphatic heterocycles. The van der Waals surface area contributed by atoms with Gasteiger partial charge in [-0.15, -0.1) is 0 Å². The summed E-state index contributed by atoms with van der Waals surface area (Å²) in [6.45, 7) is 4.53. The summed E-state index contributed by atoms with van der Waals surface area (Å²) in [5.74, 6) is 5.60. The Morgan fingerprint density at radius 3 is 1.47 bits per heavy atom. The highest BCUT2D eigenvalue weighted by molar-refractivity contribution is 4.63. The summed E-state index contributed by atoms with van der Waals surface area (Å²) in [6, 6.07) is 0.554. The summed E-state index contributed by atoms with van der Waals surface area (Å²) in [5, 5.41) is 0. The number of hydrazine groups is 1. The molecule has 0 aromatic rings. The summed E-state index contributed by atoms with van der Waals surface area (Å²) in [4.78, 5) is 0. The Morgan fingerprint density at radius 1 is 0.706 bits per heavy atom. The average molecular weight is 242 g/mol. The van der Waals surface area contributed by atoms with E-state index in [-0.39, 0.29) is 0 Å². The lowest BCUT2D eigenvalue weighted by atomic mass is 10.0. The highest BCUT2D eigenvalue weighted by Gasteiger charge is 2.05. The van der Waals surface area contributed by atoms with Gasteiger partial charge in [-0.25, -0.2) is 0 Å². The van der Waals surface area contributed by atoms with Crippen molar-refractivity contribution in [1.29, 1.82) is 0 Å². The average Bonchev–Trinajstić information content (AvgIpc) is 2.36. The molecule has 0 atom stereocenters. The zero-order valence-electron chi connectivity index (χ0n) is 12.1. The lowest BCUT2D eigenvalue weighted by Gasteiger charge is -2.15. The van der Waals surface area contributed by atoms with Crippen LogP contribution in [-0.2, 0) is 0 Å². The molecule has 0 rings (SSSR count). The number of unbranched alkanes of at least 4 members (excludes halogenated alkanes) is 8. The highest BCUT2D eigenvalue weighted by Crippen LogP contribution is 2.12. The summed E-state index contributed by atoms with van der Waals surface area (Å²) in [7, 11) is 0. The Kier molecular flexibility index (Phi) is 13.9. The van der Waals surface area contributed by atoms with Gasteiger partial charge in [-0.3, -0.25) is 11.3 Å². The minimum Gasteiger partial charge on any atom is -0.271 e. The van der Waals surface area contributed by atoms with E-state index < -0.39 is 0 Å². The van der Waals surface area contributed by atoms with Crippen LogP contribution in [0.4, 0.5) is 0 Å². The second-order valence-corrected chi connectivity index (χ2v) is 5.27. The van der Waals surface area contributed by atoms with Gasteiger partial charge < -0.3 is 0 Å². The molecule has 0 aromatic carbocycles. The number of nitrogens with two attached hydrogens (primary N) is 1. The molecular weight excluding hydrogens is 208 g/mol. The molecule has 0 aliphatic carbocycles. The van der Waals surface area contributed by atoms with E-state index in [9.17, 15) is 0 Å². The quantitative estimate of drug-likeness (QED) is 0.283. The minimum atomic E-state index is 0.554. The number of nitrogens with one attached hydrogen (secondary N) is 1. The monoisotopic (exact) mass is 242 g/mol. The maximum atomic E-state index is 5.60. The van der Waals surface area contributed by atoms with Crippen molar-refractivity contribution in [2.45, 2.75) is 96.9 Å². The van der Waals surface area contributed by atoms with Crippen molar-refractivity contribution in [2.75, 3.05) is 0 Å². The fraction of sp³-hybridized carbons (Fsp3) is 1.00. The van der Waals surface area contributed by atoms with Crippen molar-refractivity contribution >= 4 is 0 Å². The van der Waals surface area contributed by atoms with E-state index in [1.807, 2.05) is 0 Å². The van der Waals surface area contributed by atoms with Crippen LogP contribution in [0, 0.1) is 0 Å². The van der Waals surface area contributed by atoms with E-state index in [0.29, 0.717) is 6.04 Å². The van der Waals surface area contributed by atoms with Gasteiger partial charge in [0.1, 0.15) is 0 Å². The third-order valence-corrected chi connectivity index (χ3v) is 3.55. The van der Waals surface area contributed by atoms with Crippen LogP contribution in [0.2, 0.25) is 0 Å². The molecule has 0 saturated heterocycles. The van der Waals surface area contributed by atoms with Gasteiger partial charge >= 0.3 is 0 Å². The fourth-order valence-corrected chi connectivity index (χ4v) is 2.30. The molecule has 0 saturated carbocycles. The molecule has 17 heavy (non-hydrogen) atoms. The summed E-state index contributed by atoms with van der Waals surface area (Å²) < 4.78 is 0. The van der Waals surface area contributed by atoms with Crippen LogP contribution in [0.5, 0.6) is 0 Å². The van der Waals surface area contributed by atoms with Gasteiger partial charge in [-0.2, -0.15) is 0 Å². The molecule has 2 heteroatoms. The summed E-state index contributed by atoms with van der Waals surface area (Å²) in [5.41, 5.74) is 2.98. The van der Waals surface area contributed by atoms with Crippen molar-refractivity contribution < 1.29 is 0 Å². The lowest BCUT2D eigenvalue weighted by molar-refractivity contribution is 0.420. The topological polar surface area (TPSA) is 38.0 Å². The minimum absolute atomic E-state index is 0.554. The van der Waals surface area contributed by atoms with Crippen molar-refractivity contribution in [3.05, 3.63) is 0 Å². The third kappa shape index (κ3) is 12.2. The molecule has 0 aromatic heterocycles. The van der Waals surface area contributed by atoms with Gasteiger partial charge in [-0.1, -0.05) is 78.1 Å². The smallest absolute Gasteiger partial charge is 0.0210 e. The van der Waals surface area contributed by atoms with Crippen LogP contribution < -0.4 is 11.3 Å². The van der Waals surface area contributed by atoms with Crippen molar-refractivity contribution in [3.63, 3.8) is 0 Å². The summed E-state index contributed by atoms with van der Waals surface area (Å²) >= 11 is 0. The Morgan fingerprint density at radius 2 is 1.12 bits per heavy atom. The van der Waals surface area contributed by atoms with Gasteiger partial charge in [0.05, 0.1) is 0 Å². The maximum Gasteiger partial charge on any atom is 0.0210 e. The van der Waals surface area contributed by atoms with Crippen LogP contribution in [0.3, 0.4) is 0 Å². The molecule has 0 radical (unpaired) electrons. The van der Waals surface area contributed by atoms with Crippen LogP contribution in [0.25, 0.3) is 0 Å². The van der Waals surface area contributed by atoms with Gasteiger partial charge in [0.2, 0.25) is 0 Å². The van der Waals surface area contributed by atoms with Gasteiger partial charge in [0.15, 0.2) is 0 Å². The van der Waals surface area contributed by atoms with Crippen molar-refractivity contribution in [2.24, 2.45) is 5.84 Å². The van der Waals surface area contributed by atoms with E-state index in [2.05, 4.69) is 19.3 Å². The SMILES string of the molecule is CCCCCCCC(CCCCCCC)NN. The van der Waals surface area contributed by atoms with E-state index in [0.717, 1.165) is 0 Å². The predicted molar refractivity (Wildman–Crippen MR) is 77.9 cm³/mol. The van der Waals surface area contributed by atoms with Crippen LogP contribution in [0.1, 0.15) is 90.9 Å². The molecule has 0 spiro atoms. The molecule has 0 heterocycles. The maximum absolute atomic E-state index is 5.60. The Bertz CT molecular complexity index is 123. The van der Waals surface area contributed by atoms with Gasteiger partial charge in [0, 0.05) is 6.04 Å². The standard InChI is InChI=1S/C15H34N2/c1-3-5-7-9-11-13-15(17-16)14-12-10-8-6-4-2/h15,17H,3-14,16H2,1-2H3. The second-order valence-electron chi connectivity index (χ2n) is 5.27. The second kappa shape index (κ2) is 14.0. The molecule has 104 valence electrons. The van der Waals surface area contributed by atoms with Crippen LogP contribution in [0.15, 0.2) is 0 Å². The fourth-order valence-electron chi connectivity index (χ4n) is 2.30. The molecule has 3 N–H and O–H groups in total. The largest absolute Gasteiger partial charge is 0.271 e. The predicted octanol–water partition coefficient (Wildman–Crippen LogP) is 4.54. The number of hydrogen-bond acceptors (Lipinski definition) is 2.